The van der Waals surface area contributed by atoms with E-state index < -0.39 is 12.0 Å². The molecule has 296 valence electrons. The van der Waals surface area contributed by atoms with E-state index in [1.54, 1.807) is 0 Å². The second kappa shape index (κ2) is 21.3. The molecule has 1 aliphatic heterocycles. The Labute approximate surface area is 320 Å². The lowest BCUT2D eigenvalue weighted by Gasteiger charge is -2.33. The Morgan fingerprint density at radius 1 is 0.889 bits per heavy atom. The molecule has 0 radical (unpaired) electrons. The van der Waals surface area contributed by atoms with Crippen LogP contribution in [0.3, 0.4) is 0 Å². The zero-order chi connectivity index (χ0) is 37.4. The first kappa shape index (κ1) is 39.8. The standard InChI is InChI=1S/C40H63N11O3/c41-35(39(53)54-29-30-11-3-1-4-12-30)17-18-37(52)50-25-19-32(20-26-50)45-38-34-15-7-8-16-36(34)46-40(47-38)44-27-33-28-51(49-48-33)24-10-22-42-21-9-23-43-31-13-5-2-6-14-31/h7-8,15-16,28,30-32,35,42-43H,1-6,9-14,17-27,29,41H2,(H2,44,45,46,47)/t35-/m0/s1. The predicted molar refractivity (Wildman–Crippen MR) is 212 cm³/mol. The zero-order valence-corrected chi connectivity index (χ0v) is 32.2. The number of para-hydroxylation sites is 1. The van der Waals surface area contributed by atoms with Gasteiger partial charge in [0, 0.05) is 43.5 Å². The number of nitrogens with one attached hydrogen (secondary N) is 4. The molecule has 0 bridgehead atoms. The monoisotopic (exact) mass is 746 g/mol. The van der Waals surface area contributed by atoms with Crippen molar-refractivity contribution in [2.24, 2.45) is 11.7 Å². The highest BCUT2D eigenvalue weighted by Gasteiger charge is 2.26. The summed E-state index contributed by atoms with van der Waals surface area (Å²) < 4.78 is 7.39. The largest absolute Gasteiger partial charge is 0.464 e. The first-order valence-corrected chi connectivity index (χ1v) is 20.8. The van der Waals surface area contributed by atoms with Gasteiger partial charge in [-0.25, -0.2) is 4.98 Å². The van der Waals surface area contributed by atoms with Crippen LogP contribution in [0, 0.1) is 5.92 Å². The smallest absolute Gasteiger partial charge is 0.322 e. The molecule has 1 atom stereocenters. The van der Waals surface area contributed by atoms with Crippen molar-refractivity contribution in [3.63, 3.8) is 0 Å². The van der Waals surface area contributed by atoms with Crippen LogP contribution in [0.2, 0.25) is 0 Å². The van der Waals surface area contributed by atoms with Crippen molar-refractivity contribution < 1.29 is 14.3 Å². The summed E-state index contributed by atoms with van der Waals surface area (Å²) in [5, 5.41) is 23.9. The number of amides is 1. The van der Waals surface area contributed by atoms with Crippen molar-refractivity contribution in [3.8, 4) is 0 Å². The molecule has 3 aliphatic rings. The van der Waals surface area contributed by atoms with Crippen LogP contribution in [0.1, 0.15) is 108 Å². The average Bonchev–Trinajstić information content (AvgIpc) is 3.67. The molecular formula is C40H63N11O3. The third-order valence-electron chi connectivity index (χ3n) is 11.3. The molecule has 2 saturated carbocycles. The van der Waals surface area contributed by atoms with E-state index in [1.165, 1.54) is 51.4 Å². The number of rotatable bonds is 20. The van der Waals surface area contributed by atoms with Gasteiger partial charge in [0.25, 0.3) is 0 Å². The molecule has 1 saturated heterocycles. The SMILES string of the molecule is N[C@@H](CCC(=O)N1CCC(Nc2nc(NCc3cn(CCCNCCCNC4CCCCC4)nn3)nc3ccccc23)CC1)C(=O)OCC1CCCCC1. The molecule has 14 heteroatoms. The Bertz CT molecular complexity index is 1580. The molecule has 6 N–H and O–H groups in total. The number of benzene rings is 1. The average molecular weight is 746 g/mol. The van der Waals surface area contributed by atoms with Crippen LogP contribution in [-0.4, -0.2) is 99.2 Å². The maximum Gasteiger partial charge on any atom is 0.322 e. The number of esters is 1. The van der Waals surface area contributed by atoms with Gasteiger partial charge in [0.1, 0.15) is 17.6 Å². The van der Waals surface area contributed by atoms with Gasteiger partial charge in [-0.2, -0.15) is 4.98 Å². The van der Waals surface area contributed by atoms with Crippen molar-refractivity contribution in [2.45, 2.75) is 134 Å². The Hall–Kier alpha value is -3.88. The van der Waals surface area contributed by atoms with Crippen LogP contribution in [0.5, 0.6) is 0 Å². The Morgan fingerprint density at radius 3 is 2.46 bits per heavy atom. The summed E-state index contributed by atoms with van der Waals surface area (Å²) in [5.74, 6) is 1.37. The molecule has 14 nitrogen and oxygen atoms in total. The number of piperidine rings is 1. The van der Waals surface area contributed by atoms with E-state index in [4.69, 9.17) is 20.4 Å². The Balaban J connectivity index is 0.890. The number of ether oxygens (including phenoxy) is 1. The minimum atomic E-state index is -0.766. The molecule has 2 aromatic heterocycles. The Morgan fingerprint density at radius 2 is 1.65 bits per heavy atom. The second-order valence-electron chi connectivity index (χ2n) is 15.6. The van der Waals surface area contributed by atoms with Crippen LogP contribution >= 0.6 is 0 Å². The maximum atomic E-state index is 13.0. The third-order valence-corrected chi connectivity index (χ3v) is 11.3. The number of nitrogens with zero attached hydrogens (tertiary/aromatic N) is 6. The summed E-state index contributed by atoms with van der Waals surface area (Å²) in [4.78, 5) is 36.9. The highest BCUT2D eigenvalue weighted by Crippen LogP contribution is 2.26. The molecule has 3 aromatic rings. The summed E-state index contributed by atoms with van der Waals surface area (Å²) in [5.41, 5.74) is 7.78. The molecule has 0 unspecified atom stereocenters. The fourth-order valence-corrected chi connectivity index (χ4v) is 7.96. The molecule has 6 rings (SSSR count). The quantitative estimate of drug-likeness (QED) is 0.0793. The van der Waals surface area contributed by atoms with E-state index in [1.807, 2.05) is 40.0 Å². The number of anilines is 2. The highest BCUT2D eigenvalue weighted by atomic mass is 16.5. The van der Waals surface area contributed by atoms with Crippen molar-refractivity contribution >= 4 is 34.5 Å². The van der Waals surface area contributed by atoms with E-state index in [0.717, 1.165) is 93.2 Å². The molecule has 1 aromatic carbocycles. The summed E-state index contributed by atoms with van der Waals surface area (Å²) in [6.07, 6.45) is 19.0. The topological polar surface area (TPSA) is 177 Å². The van der Waals surface area contributed by atoms with Gasteiger partial charge in [-0.3, -0.25) is 14.3 Å². The normalized spacial score (nSPS) is 18.1. The predicted octanol–water partition coefficient (Wildman–Crippen LogP) is 4.76. The van der Waals surface area contributed by atoms with Gasteiger partial charge in [-0.15, -0.1) is 5.10 Å². The van der Waals surface area contributed by atoms with Crippen LogP contribution < -0.4 is 27.0 Å². The lowest BCUT2D eigenvalue weighted by molar-refractivity contribution is -0.147. The van der Waals surface area contributed by atoms with E-state index in [9.17, 15) is 9.59 Å². The van der Waals surface area contributed by atoms with Crippen molar-refractivity contribution in [1.82, 2.24) is 40.5 Å². The highest BCUT2D eigenvalue weighted by molar-refractivity contribution is 5.90. The number of aryl methyl sites for hydroxylation is 1. The number of carbonyl (C=O) groups is 2. The molecule has 0 spiro atoms. The number of hydrogen-bond acceptors (Lipinski definition) is 12. The van der Waals surface area contributed by atoms with Gasteiger partial charge in [-0.1, -0.05) is 55.9 Å². The lowest BCUT2D eigenvalue weighted by Crippen LogP contribution is -2.43. The van der Waals surface area contributed by atoms with E-state index in [-0.39, 0.29) is 18.4 Å². The van der Waals surface area contributed by atoms with Crippen LogP contribution in [0.25, 0.3) is 10.9 Å². The van der Waals surface area contributed by atoms with Gasteiger partial charge < -0.3 is 36.6 Å². The van der Waals surface area contributed by atoms with Crippen LogP contribution in [-0.2, 0) is 27.4 Å². The minimum Gasteiger partial charge on any atom is -0.464 e. The second-order valence-corrected chi connectivity index (χ2v) is 15.6. The van der Waals surface area contributed by atoms with E-state index in [2.05, 4.69) is 31.6 Å². The summed E-state index contributed by atoms with van der Waals surface area (Å²) in [7, 11) is 0. The first-order chi connectivity index (χ1) is 26.5. The summed E-state index contributed by atoms with van der Waals surface area (Å²) in [6.45, 7) is 6.08. The van der Waals surface area contributed by atoms with Gasteiger partial charge in [0.2, 0.25) is 11.9 Å². The number of carbonyl (C=O) groups excluding carboxylic acids is 2. The number of likely N-dealkylation sites (tertiary alicyclic amines) is 1. The van der Waals surface area contributed by atoms with Crippen molar-refractivity contribution in [2.75, 3.05) is 50.0 Å². The van der Waals surface area contributed by atoms with Gasteiger partial charge >= 0.3 is 5.97 Å². The minimum absolute atomic E-state index is 0.0320. The van der Waals surface area contributed by atoms with E-state index in [0.29, 0.717) is 44.5 Å². The molecular weight excluding hydrogens is 683 g/mol. The number of nitrogens with two attached hydrogens (primary N) is 1. The molecule has 3 heterocycles. The summed E-state index contributed by atoms with van der Waals surface area (Å²) >= 11 is 0. The fraction of sp³-hybridized carbons (Fsp3) is 0.700. The fourth-order valence-electron chi connectivity index (χ4n) is 7.96. The van der Waals surface area contributed by atoms with Gasteiger partial charge in [0.15, 0.2) is 0 Å². The van der Waals surface area contributed by atoms with E-state index >= 15 is 0 Å². The van der Waals surface area contributed by atoms with Crippen LogP contribution in [0.4, 0.5) is 11.8 Å². The van der Waals surface area contributed by atoms with Gasteiger partial charge in [0.05, 0.1) is 24.9 Å². The molecule has 54 heavy (non-hydrogen) atoms. The summed E-state index contributed by atoms with van der Waals surface area (Å²) in [6, 6.07) is 8.10. The van der Waals surface area contributed by atoms with Crippen LogP contribution in [0.15, 0.2) is 30.5 Å². The van der Waals surface area contributed by atoms with Gasteiger partial charge in [-0.05, 0) is 95.5 Å². The lowest BCUT2D eigenvalue weighted by atomic mass is 9.90. The third kappa shape index (κ3) is 12.6. The van der Waals surface area contributed by atoms with Crippen molar-refractivity contribution in [1.29, 1.82) is 0 Å². The van der Waals surface area contributed by atoms with Crippen molar-refractivity contribution in [3.05, 3.63) is 36.2 Å². The molecule has 2 aliphatic carbocycles. The Kier molecular flexibility index (Phi) is 15.7. The molecule has 1 amide bonds. The maximum absolute atomic E-state index is 13.0. The zero-order valence-electron chi connectivity index (χ0n) is 32.2. The number of fused-ring (bicyclic) bond motifs is 1. The first-order valence-electron chi connectivity index (χ1n) is 20.8. The molecule has 3 fully saturated rings. The number of aromatic nitrogens is 5. The number of hydrogen-bond donors (Lipinski definition) is 5.